The summed E-state index contributed by atoms with van der Waals surface area (Å²) in [7, 11) is 0. The number of nitrogens with zero attached hydrogens (tertiary/aromatic N) is 15. The molecule has 0 fully saturated rings. The van der Waals surface area contributed by atoms with E-state index in [2.05, 4.69) is 51.0 Å². The average molecular weight is 625 g/mol. The first-order valence-corrected chi connectivity index (χ1v) is 9.88. The molecular formula is C16H24CoN17O7+. The smallest absolute Gasteiger partial charge is 0.457 e. The zero-order chi connectivity index (χ0) is 30.1. The number of hydrogen-bond donors (Lipinski definition) is 2. The maximum atomic E-state index is 8.25. The molecule has 1 radical (unpaired) electrons. The van der Waals surface area contributed by atoms with E-state index in [1.165, 1.54) is 6.92 Å². The Morgan fingerprint density at radius 2 is 0.927 bits per heavy atom. The minimum absolute atomic E-state index is 0. The fourth-order valence-corrected chi connectivity index (χ4v) is 2.30. The molecule has 0 spiro atoms. The van der Waals surface area contributed by atoms with Crippen molar-refractivity contribution in [3.8, 4) is 18.0 Å². The van der Waals surface area contributed by atoms with Gasteiger partial charge in [0.2, 0.25) is 0 Å². The molecule has 4 rings (SSSR count). The van der Waals surface area contributed by atoms with Crippen molar-refractivity contribution in [3.05, 3.63) is 65.6 Å². The van der Waals surface area contributed by atoms with Crippen LogP contribution in [0.5, 0.6) is 0 Å². The number of aryl methyl sites for hydroxylation is 4. The van der Waals surface area contributed by atoms with Gasteiger partial charge in [-0.25, -0.2) is 9.36 Å². The van der Waals surface area contributed by atoms with E-state index in [-0.39, 0.29) is 34.2 Å². The van der Waals surface area contributed by atoms with E-state index in [0.717, 1.165) is 22.8 Å². The van der Waals surface area contributed by atoms with Crippen LogP contribution in [0.4, 0.5) is 11.9 Å². The van der Waals surface area contributed by atoms with Gasteiger partial charge in [0.25, 0.3) is 23.8 Å². The van der Waals surface area contributed by atoms with E-state index in [9.17, 15) is 0 Å². The molecule has 0 aliphatic rings. The van der Waals surface area contributed by atoms with Crippen molar-refractivity contribution in [1.29, 1.82) is 5.26 Å². The van der Waals surface area contributed by atoms with Crippen LogP contribution in [0.1, 0.15) is 29.7 Å². The molecule has 0 amide bonds. The fourth-order valence-electron chi connectivity index (χ4n) is 2.30. The maximum absolute atomic E-state index is 8.25. The number of hydrogen-bond acceptors (Lipinski definition) is 19. The van der Waals surface area contributed by atoms with Crippen LogP contribution in [-0.2, 0) is 22.3 Å². The minimum Gasteiger partial charge on any atom is -0.457 e. The first-order valence-electron chi connectivity index (χ1n) is 9.88. The summed E-state index contributed by atoms with van der Waals surface area (Å²) in [5, 5.41) is 74.7. The second-order valence-corrected chi connectivity index (χ2v) is 6.47. The van der Waals surface area contributed by atoms with Crippen molar-refractivity contribution < 1.29 is 32.4 Å². The SMILES string of the molecule is CC#N.Cc1cc(C)n(-c2nnc(N)nn2)n1.Cc1cc(C)n(-c2nnc(N)nn2)n1.O=[N+]([O-])[O-].O=[N+]([O-])[O-].[Co+2].[OH3+]. The third kappa shape index (κ3) is 16.7. The number of nitriles is 1. The summed E-state index contributed by atoms with van der Waals surface area (Å²) in [6.07, 6.45) is 0. The summed E-state index contributed by atoms with van der Waals surface area (Å²) < 4.78 is 3.13. The second-order valence-electron chi connectivity index (χ2n) is 6.47. The molecule has 0 aromatic carbocycles. The van der Waals surface area contributed by atoms with Crippen molar-refractivity contribution in [2.24, 2.45) is 0 Å². The molecule has 223 valence electrons. The molecule has 0 aliphatic heterocycles. The van der Waals surface area contributed by atoms with E-state index in [0.29, 0.717) is 11.9 Å². The van der Waals surface area contributed by atoms with Crippen molar-refractivity contribution in [1.82, 2.24) is 60.4 Å². The first kappa shape index (κ1) is 39.8. The van der Waals surface area contributed by atoms with Crippen molar-refractivity contribution in [2.75, 3.05) is 11.5 Å². The van der Waals surface area contributed by atoms with Gasteiger partial charge in [0.05, 0.1) is 27.6 Å². The molecule has 7 N–H and O–H groups in total. The van der Waals surface area contributed by atoms with Gasteiger partial charge < -0.3 is 47.6 Å². The minimum atomic E-state index is -1.75. The summed E-state index contributed by atoms with van der Waals surface area (Å²) >= 11 is 0. The molecule has 4 heterocycles. The molecule has 0 aliphatic carbocycles. The van der Waals surface area contributed by atoms with Crippen molar-refractivity contribution in [2.45, 2.75) is 34.6 Å². The normalized spacial score (nSPS) is 8.49. The van der Waals surface area contributed by atoms with Gasteiger partial charge in [-0.1, -0.05) is 0 Å². The van der Waals surface area contributed by atoms with E-state index in [1.54, 1.807) is 15.4 Å². The number of anilines is 2. The Morgan fingerprint density at radius 3 is 1.10 bits per heavy atom. The Morgan fingerprint density at radius 1 is 0.707 bits per heavy atom. The van der Waals surface area contributed by atoms with Crippen LogP contribution in [-0.4, -0.2) is 70.5 Å². The number of aromatic nitrogens is 12. The monoisotopic (exact) mass is 625 g/mol. The van der Waals surface area contributed by atoms with Gasteiger partial charge in [0.15, 0.2) is 0 Å². The average Bonchev–Trinajstić information content (AvgIpc) is 3.34. The number of nitrogens with two attached hydrogens (primary N) is 2. The van der Waals surface area contributed by atoms with E-state index < -0.39 is 10.2 Å². The summed E-state index contributed by atoms with van der Waals surface area (Å²) in [5.74, 6) is 0.750. The largest absolute Gasteiger partial charge is 2.00 e. The van der Waals surface area contributed by atoms with Crippen molar-refractivity contribution >= 4 is 11.9 Å². The molecule has 0 unspecified atom stereocenters. The standard InChI is InChI=1S/2C7H9N7.C2H3N.Co.2NO3.H2O/c2*1-4-3-5(2)14(13-4)7-11-9-6(8)10-12-7;1-2-3;;2*2-1(3)4;/h2*3H,1-2H3,(H2,8,9,10);1H3;;;;1H2/q;;;+2;2*-1;/p+1. The van der Waals surface area contributed by atoms with Gasteiger partial charge in [-0.05, 0) is 39.8 Å². The molecular weight excluding hydrogens is 601 g/mol. The third-order valence-electron chi connectivity index (χ3n) is 3.37. The van der Waals surface area contributed by atoms with Crippen LogP contribution in [0.3, 0.4) is 0 Å². The van der Waals surface area contributed by atoms with Crippen LogP contribution in [0, 0.1) is 69.7 Å². The van der Waals surface area contributed by atoms with Gasteiger partial charge in [0.1, 0.15) is 0 Å². The third-order valence-corrected chi connectivity index (χ3v) is 3.37. The van der Waals surface area contributed by atoms with Crippen LogP contribution in [0.25, 0.3) is 11.9 Å². The summed E-state index contributed by atoms with van der Waals surface area (Å²) in [5.41, 5.74) is 14.2. The number of rotatable bonds is 2. The summed E-state index contributed by atoms with van der Waals surface area (Å²) in [6.45, 7) is 9.02. The predicted octanol–water partition coefficient (Wildman–Crippen LogP) is -1.57. The van der Waals surface area contributed by atoms with Crippen LogP contribution in [0.15, 0.2) is 12.1 Å². The molecule has 0 bridgehead atoms. The van der Waals surface area contributed by atoms with E-state index >= 15 is 0 Å². The Kier molecular flexibility index (Phi) is 19.6. The quantitative estimate of drug-likeness (QED) is 0.144. The van der Waals surface area contributed by atoms with E-state index in [1.807, 2.05) is 39.8 Å². The topological polar surface area (TPSA) is 380 Å². The van der Waals surface area contributed by atoms with Gasteiger partial charge >= 0.3 is 16.8 Å². The first-order chi connectivity index (χ1) is 18.2. The van der Waals surface area contributed by atoms with Gasteiger partial charge in [-0.3, -0.25) is 0 Å². The zero-order valence-corrected chi connectivity index (χ0v) is 22.9. The summed E-state index contributed by atoms with van der Waals surface area (Å²) in [4.78, 5) is 16.5. The number of nitrogen functional groups attached to an aromatic ring is 2. The van der Waals surface area contributed by atoms with Gasteiger partial charge in [-0.15, -0.1) is 40.8 Å². The molecule has 24 nitrogen and oxygen atoms in total. The zero-order valence-electron chi connectivity index (χ0n) is 21.9. The Labute approximate surface area is 239 Å². The molecule has 25 heteroatoms. The maximum Gasteiger partial charge on any atom is 2.00 e. The Balaban J connectivity index is -0.000000504. The van der Waals surface area contributed by atoms with Crippen LogP contribution in [0.2, 0.25) is 0 Å². The molecule has 0 saturated heterocycles. The Bertz CT molecular complexity index is 1270. The molecule has 4 aromatic heterocycles. The fraction of sp³-hybridized carbons (Fsp3) is 0.312. The summed E-state index contributed by atoms with van der Waals surface area (Å²) in [6, 6.07) is 5.58. The van der Waals surface area contributed by atoms with Gasteiger partial charge in [0, 0.05) is 18.3 Å². The molecule has 4 aromatic rings. The Hall–Kier alpha value is -5.74. The van der Waals surface area contributed by atoms with Crippen LogP contribution < -0.4 is 11.5 Å². The van der Waals surface area contributed by atoms with Crippen molar-refractivity contribution in [3.63, 3.8) is 0 Å². The predicted molar refractivity (Wildman–Crippen MR) is 134 cm³/mol. The van der Waals surface area contributed by atoms with Crippen LogP contribution >= 0.6 is 0 Å². The molecule has 0 atom stereocenters. The molecule has 0 saturated carbocycles. The second kappa shape index (κ2) is 20.2. The van der Waals surface area contributed by atoms with Gasteiger partial charge in [-0.2, -0.15) is 15.5 Å². The molecule has 41 heavy (non-hydrogen) atoms. The van der Waals surface area contributed by atoms with E-state index in [4.69, 9.17) is 47.4 Å².